The van der Waals surface area contributed by atoms with E-state index in [-0.39, 0.29) is 29.3 Å². The molecule has 1 aliphatic rings. The first kappa shape index (κ1) is 19.8. The lowest BCUT2D eigenvalue weighted by Gasteiger charge is -2.30. The van der Waals surface area contributed by atoms with Gasteiger partial charge in [0.2, 0.25) is 5.88 Å². The third-order valence-corrected chi connectivity index (χ3v) is 4.04. The van der Waals surface area contributed by atoms with Crippen molar-refractivity contribution in [3.8, 4) is 11.9 Å². The number of nitriles is 1. The number of carbonyl (C=O) groups is 1. The fraction of sp³-hybridized carbons (Fsp3) is 0.611. The molecule has 1 saturated carbocycles. The Morgan fingerprint density at radius 2 is 1.92 bits per heavy atom. The van der Waals surface area contributed by atoms with Gasteiger partial charge < -0.3 is 20.1 Å². The van der Waals surface area contributed by atoms with Crippen LogP contribution in [0.1, 0.15) is 52.0 Å². The molecule has 0 aliphatic heterocycles. The molecule has 1 heterocycles. The predicted molar refractivity (Wildman–Crippen MR) is 94.5 cm³/mol. The third-order valence-electron chi connectivity index (χ3n) is 4.04. The topological polar surface area (TPSA) is 96.3 Å². The molecular formula is C18H25FN4O3. The maximum atomic E-state index is 14.1. The van der Waals surface area contributed by atoms with Crippen LogP contribution in [0.25, 0.3) is 0 Å². The molecule has 0 spiro atoms. The first-order chi connectivity index (χ1) is 12.2. The zero-order valence-corrected chi connectivity index (χ0v) is 15.6. The molecule has 0 atom stereocenters. The number of alkyl carbamates (subject to hydrolysis) is 1. The van der Waals surface area contributed by atoms with Crippen LogP contribution in [-0.4, -0.2) is 35.9 Å². The molecule has 8 heteroatoms. The van der Waals surface area contributed by atoms with Crippen LogP contribution in [-0.2, 0) is 4.74 Å². The van der Waals surface area contributed by atoms with Crippen molar-refractivity contribution < 1.29 is 18.7 Å². The van der Waals surface area contributed by atoms with Crippen molar-refractivity contribution in [2.75, 3.05) is 12.4 Å². The van der Waals surface area contributed by atoms with Gasteiger partial charge in [-0.15, -0.1) is 0 Å². The second-order valence-corrected chi connectivity index (χ2v) is 7.33. The largest absolute Gasteiger partial charge is 0.480 e. The number of nitrogens with one attached hydrogen (secondary N) is 2. The zero-order valence-electron chi connectivity index (χ0n) is 15.6. The molecule has 0 unspecified atom stereocenters. The van der Waals surface area contributed by atoms with E-state index < -0.39 is 17.5 Å². The Bertz CT molecular complexity index is 689. The number of hydrogen-bond donors (Lipinski definition) is 2. The Kier molecular flexibility index (Phi) is 6.24. The molecule has 0 saturated heterocycles. The molecule has 1 aromatic rings. The smallest absolute Gasteiger partial charge is 0.407 e. The molecule has 26 heavy (non-hydrogen) atoms. The van der Waals surface area contributed by atoms with Crippen molar-refractivity contribution in [1.82, 2.24) is 10.3 Å². The lowest BCUT2D eigenvalue weighted by molar-refractivity contribution is 0.0492. The average Bonchev–Trinajstić information content (AvgIpc) is 2.56. The molecule has 142 valence electrons. The number of ether oxygens (including phenoxy) is 2. The van der Waals surface area contributed by atoms with Crippen molar-refractivity contribution in [2.24, 2.45) is 0 Å². The molecule has 7 nitrogen and oxygen atoms in total. The summed E-state index contributed by atoms with van der Waals surface area (Å²) in [7, 11) is 1.39. The molecule has 0 radical (unpaired) electrons. The van der Waals surface area contributed by atoms with Crippen LogP contribution in [0.2, 0.25) is 0 Å². The van der Waals surface area contributed by atoms with Gasteiger partial charge in [0.15, 0.2) is 11.6 Å². The minimum absolute atomic E-state index is 0.0336. The summed E-state index contributed by atoms with van der Waals surface area (Å²) in [5, 5.41) is 14.9. The summed E-state index contributed by atoms with van der Waals surface area (Å²) in [6.45, 7) is 5.46. The van der Waals surface area contributed by atoms with E-state index in [0.29, 0.717) is 0 Å². The second kappa shape index (κ2) is 8.21. The van der Waals surface area contributed by atoms with Gasteiger partial charge in [0.25, 0.3) is 0 Å². The molecule has 1 fully saturated rings. The predicted octanol–water partition coefficient (Wildman–Crippen LogP) is 3.35. The number of rotatable bonds is 4. The monoisotopic (exact) mass is 364 g/mol. The Morgan fingerprint density at radius 1 is 1.31 bits per heavy atom. The van der Waals surface area contributed by atoms with Gasteiger partial charge >= 0.3 is 6.09 Å². The second-order valence-electron chi connectivity index (χ2n) is 7.33. The highest BCUT2D eigenvalue weighted by molar-refractivity contribution is 5.68. The number of anilines is 1. The first-order valence-corrected chi connectivity index (χ1v) is 8.62. The summed E-state index contributed by atoms with van der Waals surface area (Å²) in [5.41, 5.74) is -0.471. The molecule has 2 rings (SSSR count). The molecule has 0 aromatic carbocycles. The maximum Gasteiger partial charge on any atom is 0.407 e. The van der Waals surface area contributed by atoms with E-state index in [1.165, 1.54) is 7.11 Å². The van der Waals surface area contributed by atoms with Crippen LogP contribution in [0.3, 0.4) is 0 Å². The van der Waals surface area contributed by atoms with Gasteiger partial charge in [0.05, 0.1) is 7.11 Å². The Hall–Kier alpha value is -2.56. The van der Waals surface area contributed by atoms with Crippen LogP contribution in [0, 0.1) is 17.1 Å². The van der Waals surface area contributed by atoms with Crippen LogP contribution < -0.4 is 15.4 Å². The number of amides is 1. The number of methoxy groups -OCH3 is 1. The van der Waals surface area contributed by atoms with E-state index in [9.17, 15) is 9.18 Å². The Labute approximate surface area is 152 Å². The summed E-state index contributed by atoms with van der Waals surface area (Å²) >= 11 is 0. The zero-order chi connectivity index (χ0) is 19.3. The number of nitrogens with zero attached hydrogens (tertiary/aromatic N) is 2. The van der Waals surface area contributed by atoms with E-state index in [2.05, 4.69) is 15.6 Å². The standard InChI is InChI=1S/C18H25FN4O3/c1-18(2,3)26-17(24)22-13-7-5-12(6-8-13)21-15-14(19)9-11(10-20)16(23-15)25-4/h9,12-13H,5-8H2,1-4H3,(H,21,23)(H,22,24). The maximum absolute atomic E-state index is 14.1. The summed E-state index contributed by atoms with van der Waals surface area (Å²) < 4.78 is 24.4. The summed E-state index contributed by atoms with van der Waals surface area (Å²) in [5.74, 6) is -0.419. The first-order valence-electron chi connectivity index (χ1n) is 8.62. The van der Waals surface area contributed by atoms with Crippen molar-refractivity contribution in [2.45, 2.75) is 64.1 Å². The molecule has 1 aliphatic carbocycles. The highest BCUT2D eigenvalue weighted by Gasteiger charge is 2.25. The number of aromatic nitrogens is 1. The van der Waals surface area contributed by atoms with Gasteiger partial charge in [-0.25, -0.2) is 9.18 Å². The molecule has 1 amide bonds. The van der Waals surface area contributed by atoms with Crippen LogP contribution in [0.15, 0.2) is 6.07 Å². The molecule has 1 aromatic heterocycles. The fourth-order valence-corrected chi connectivity index (χ4v) is 2.86. The van der Waals surface area contributed by atoms with Crippen LogP contribution in [0.4, 0.5) is 15.0 Å². The van der Waals surface area contributed by atoms with Crippen LogP contribution >= 0.6 is 0 Å². The van der Waals surface area contributed by atoms with Crippen molar-refractivity contribution in [3.63, 3.8) is 0 Å². The van der Waals surface area contributed by atoms with E-state index in [0.717, 1.165) is 31.7 Å². The third kappa shape index (κ3) is 5.48. The van der Waals surface area contributed by atoms with Crippen molar-refractivity contribution in [1.29, 1.82) is 5.26 Å². The van der Waals surface area contributed by atoms with Gasteiger partial charge in [0, 0.05) is 18.2 Å². The lowest BCUT2D eigenvalue weighted by atomic mass is 9.91. The quantitative estimate of drug-likeness (QED) is 0.850. The normalized spacial score (nSPS) is 20.0. The number of hydrogen-bond acceptors (Lipinski definition) is 6. The van der Waals surface area contributed by atoms with Crippen LogP contribution in [0.5, 0.6) is 5.88 Å². The molecule has 0 bridgehead atoms. The van der Waals surface area contributed by atoms with Gasteiger partial charge in [-0.1, -0.05) is 0 Å². The van der Waals surface area contributed by atoms with Gasteiger partial charge in [0.1, 0.15) is 17.2 Å². The summed E-state index contributed by atoms with van der Waals surface area (Å²) in [4.78, 5) is 15.9. The van der Waals surface area contributed by atoms with E-state index in [4.69, 9.17) is 14.7 Å². The minimum atomic E-state index is -0.587. The minimum Gasteiger partial charge on any atom is -0.480 e. The van der Waals surface area contributed by atoms with E-state index in [1.54, 1.807) is 0 Å². The number of carbonyl (C=O) groups excluding carboxylic acids is 1. The van der Waals surface area contributed by atoms with Gasteiger partial charge in [-0.3, -0.25) is 0 Å². The molecular weight excluding hydrogens is 339 g/mol. The average molecular weight is 364 g/mol. The highest BCUT2D eigenvalue weighted by Crippen LogP contribution is 2.26. The number of pyridine rings is 1. The van der Waals surface area contributed by atoms with Gasteiger partial charge in [-0.05, 0) is 46.5 Å². The van der Waals surface area contributed by atoms with Crippen molar-refractivity contribution >= 4 is 11.9 Å². The molecule has 2 N–H and O–H groups in total. The van der Waals surface area contributed by atoms with Gasteiger partial charge in [-0.2, -0.15) is 10.2 Å². The van der Waals surface area contributed by atoms with E-state index >= 15 is 0 Å². The van der Waals surface area contributed by atoms with Crippen molar-refractivity contribution in [3.05, 3.63) is 17.4 Å². The Morgan fingerprint density at radius 3 is 2.46 bits per heavy atom. The lowest BCUT2D eigenvalue weighted by Crippen LogP contribution is -2.42. The highest BCUT2D eigenvalue weighted by atomic mass is 19.1. The number of halogens is 1. The Balaban J connectivity index is 1.89. The SMILES string of the molecule is COc1nc(NC2CCC(NC(=O)OC(C)(C)C)CC2)c(F)cc1C#N. The summed E-state index contributed by atoms with van der Waals surface area (Å²) in [6.07, 6.45) is 2.60. The summed E-state index contributed by atoms with van der Waals surface area (Å²) in [6, 6.07) is 3.04. The fourth-order valence-electron chi connectivity index (χ4n) is 2.86. The van der Waals surface area contributed by atoms with E-state index in [1.807, 2.05) is 26.8 Å².